The van der Waals surface area contributed by atoms with E-state index in [4.69, 9.17) is 0 Å². The molecule has 3 N–H and O–H groups in total. The summed E-state index contributed by atoms with van der Waals surface area (Å²) >= 11 is 0. The van der Waals surface area contributed by atoms with Crippen LogP contribution in [0.4, 0.5) is 4.79 Å². The van der Waals surface area contributed by atoms with Crippen LogP contribution in [0.15, 0.2) is 35.8 Å². The van der Waals surface area contributed by atoms with Gasteiger partial charge in [-0.1, -0.05) is 6.08 Å². The second-order valence-electron chi connectivity index (χ2n) is 8.20. The number of carbonyl (C=O) groups excluding carboxylic acids is 1. The number of piperidine rings is 1. The summed E-state index contributed by atoms with van der Waals surface area (Å²) < 4.78 is 1.63. The van der Waals surface area contributed by atoms with Crippen molar-refractivity contribution in [1.29, 1.82) is 0 Å². The number of allylic oxidation sites excluding steroid dienone is 3. The van der Waals surface area contributed by atoms with Gasteiger partial charge in [-0.2, -0.15) is 5.10 Å². The molecule has 0 bridgehead atoms. The Kier molecular flexibility index (Phi) is 6.08. The van der Waals surface area contributed by atoms with Crippen LogP contribution in [0.5, 0.6) is 0 Å². The molecular weight excluding hydrogens is 384 g/mol. The van der Waals surface area contributed by atoms with Gasteiger partial charge in [0.25, 0.3) is 0 Å². The number of hydrogen-bond donors (Lipinski definition) is 3. The van der Waals surface area contributed by atoms with E-state index in [9.17, 15) is 14.7 Å². The Morgan fingerprint density at radius 3 is 3.00 bits per heavy atom. The summed E-state index contributed by atoms with van der Waals surface area (Å²) in [7, 11) is 1.79. The molecule has 4 rings (SSSR count). The summed E-state index contributed by atoms with van der Waals surface area (Å²) in [6, 6.07) is -0.579. The highest BCUT2D eigenvalue weighted by molar-refractivity contribution is 5.78. The van der Waals surface area contributed by atoms with Crippen molar-refractivity contribution in [2.75, 3.05) is 26.2 Å². The molecule has 0 radical (unpaired) electrons. The lowest BCUT2D eigenvalue weighted by molar-refractivity contribution is -0.138. The number of aryl methyl sites for hydroxylation is 1. The molecule has 2 fully saturated rings. The van der Waals surface area contributed by atoms with Gasteiger partial charge in [0.1, 0.15) is 0 Å². The van der Waals surface area contributed by atoms with Crippen LogP contribution in [0, 0.1) is 0 Å². The maximum Gasteiger partial charge on any atom is 0.320 e. The van der Waals surface area contributed by atoms with E-state index < -0.39 is 12.0 Å². The van der Waals surface area contributed by atoms with E-state index in [1.54, 1.807) is 29.0 Å². The van der Waals surface area contributed by atoms with Gasteiger partial charge in [-0.05, 0) is 43.9 Å². The fraction of sp³-hybridized carbons (Fsp3) is 0.571. The topological polar surface area (TPSA) is 103 Å². The van der Waals surface area contributed by atoms with Crippen LogP contribution in [0.25, 0.3) is 0 Å². The summed E-state index contributed by atoms with van der Waals surface area (Å²) in [6.45, 7) is 2.85. The SMILES string of the molecule is Cn1cc(C(CC(=O)O)N2CCN(CCCC3=CC=C4CCCNC4N3)C2=O)cn1. The second-order valence-corrected chi connectivity index (χ2v) is 8.20. The van der Waals surface area contributed by atoms with Gasteiger partial charge in [0.15, 0.2) is 0 Å². The molecule has 3 aliphatic rings. The highest BCUT2D eigenvalue weighted by Gasteiger charge is 2.35. The van der Waals surface area contributed by atoms with E-state index in [-0.39, 0.29) is 18.6 Å². The van der Waals surface area contributed by atoms with Crippen molar-refractivity contribution in [2.45, 2.75) is 44.3 Å². The number of nitrogens with zero attached hydrogens (tertiary/aromatic N) is 4. The van der Waals surface area contributed by atoms with Crippen LogP contribution >= 0.6 is 0 Å². The zero-order valence-corrected chi connectivity index (χ0v) is 17.4. The number of carboxylic acid groups (broad SMARTS) is 1. The number of urea groups is 1. The van der Waals surface area contributed by atoms with Gasteiger partial charge < -0.3 is 20.2 Å². The van der Waals surface area contributed by atoms with Crippen LogP contribution in [0.3, 0.4) is 0 Å². The number of rotatable bonds is 8. The standard InChI is InChI=1S/C21H30N6O3/c1-25-14-16(13-23-25)18(12-19(28)29)27-11-10-26(21(27)30)9-3-5-17-7-6-15-4-2-8-22-20(15)24-17/h6-7,13-14,18,20,22,24H,2-5,8-12H2,1H3,(H,28,29). The Hall–Kier alpha value is -2.81. The predicted molar refractivity (Wildman–Crippen MR) is 111 cm³/mol. The Balaban J connectivity index is 1.32. The third kappa shape index (κ3) is 4.51. The lowest BCUT2D eigenvalue weighted by Crippen LogP contribution is -2.47. The molecule has 3 aliphatic heterocycles. The van der Waals surface area contributed by atoms with Gasteiger partial charge in [0.05, 0.1) is 24.8 Å². The van der Waals surface area contributed by atoms with Gasteiger partial charge >= 0.3 is 12.0 Å². The molecule has 9 nitrogen and oxygen atoms in total. The van der Waals surface area contributed by atoms with Gasteiger partial charge in [-0.3, -0.25) is 14.8 Å². The number of carbonyl (C=O) groups is 2. The fourth-order valence-corrected chi connectivity index (χ4v) is 4.48. The molecule has 1 aromatic heterocycles. The minimum atomic E-state index is -0.922. The van der Waals surface area contributed by atoms with E-state index in [1.807, 2.05) is 4.90 Å². The Morgan fingerprint density at radius 2 is 2.23 bits per heavy atom. The van der Waals surface area contributed by atoms with Crippen LogP contribution in [0.2, 0.25) is 0 Å². The van der Waals surface area contributed by atoms with Crippen molar-refractivity contribution in [1.82, 2.24) is 30.2 Å². The van der Waals surface area contributed by atoms with E-state index in [0.29, 0.717) is 19.6 Å². The lowest BCUT2D eigenvalue weighted by atomic mass is 9.99. The van der Waals surface area contributed by atoms with Crippen molar-refractivity contribution < 1.29 is 14.7 Å². The maximum absolute atomic E-state index is 13.0. The van der Waals surface area contributed by atoms with Crippen LogP contribution < -0.4 is 10.6 Å². The zero-order chi connectivity index (χ0) is 21.1. The molecule has 0 spiro atoms. The summed E-state index contributed by atoms with van der Waals surface area (Å²) in [6.07, 6.45) is 12.0. The minimum Gasteiger partial charge on any atom is -0.481 e. The first-order valence-electron chi connectivity index (χ1n) is 10.7. The molecule has 2 amide bonds. The molecule has 162 valence electrons. The number of dihydropyridines is 1. The van der Waals surface area contributed by atoms with Crippen molar-refractivity contribution in [3.05, 3.63) is 41.4 Å². The Labute approximate surface area is 176 Å². The zero-order valence-electron chi connectivity index (χ0n) is 17.4. The van der Waals surface area contributed by atoms with Crippen LogP contribution in [-0.2, 0) is 11.8 Å². The molecule has 9 heteroatoms. The number of aliphatic carboxylic acids is 1. The van der Waals surface area contributed by atoms with Crippen LogP contribution in [0.1, 0.15) is 43.7 Å². The normalized spacial score (nSPS) is 22.3. The molecule has 0 aromatic carbocycles. The fourth-order valence-electron chi connectivity index (χ4n) is 4.48. The number of hydrogen-bond acceptors (Lipinski definition) is 5. The Morgan fingerprint density at radius 1 is 1.37 bits per heavy atom. The van der Waals surface area contributed by atoms with Crippen molar-refractivity contribution in [3.8, 4) is 0 Å². The first-order chi connectivity index (χ1) is 14.5. The number of amides is 2. The first-order valence-corrected chi connectivity index (χ1v) is 10.7. The monoisotopic (exact) mass is 414 g/mol. The third-order valence-corrected chi connectivity index (χ3v) is 6.04. The quantitative estimate of drug-likeness (QED) is 0.597. The summed E-state index contributed by atoms with van der Waals surface area (Å²) in [5.74, 6) is -0.922. The molecular formula is C21H30N6O3. The molecule has 0 aliphatic carbocycles. The number of nitrogens with one attached hydrogen (secondary N) is 2. The summed E-state index contributed by atoms with van der Waals surface area (Å²) in [4.78, 5) is 27.8. The lowest BCUT2D eigenvalue weighted by Gasteiger charge is -2.32. The highest BCUT2D eigenvalue weighted by Crippen LogP contribution is 2.28. The van der Waals surface area contributed by atoms with Gasteiger partial charge in [-0.25, -0.2) is 4.79 Å². The van der Waals surface area contributed by atoms with E-state index in [0.717, 1.165) is 31.4 Å². The highest BCUT2D eigenvalue weighted by atomic mass is 16.4. The van der Waals surface area contributed by atoms with Crippen molar-refractivity contribution in [2.24, 2.45) is 7.05 Å². The maximum atomic E-state index is 13.0. The Bertz CT molecular complexity index is 861. The van der Waals surface area contributed by atoms with E-state index >= 15 is 0 Å². The molecule has 1 aromatic rings. The van der Waals surface area contributed by atoms with E-state index in [2.05, 4.69) is 27.9 Å². The summed E-state index contributed by atoms with van der Waals surface area (Å²) in [5, 5.41) is 20.5. The molecule has 4 heterocycles. The summed E-state index contributed by atoms with van der Waals surface area (Å²) in [5.41, 5.74) is 3.37. The minimum absolute atomic E-state index is 0.0909. The third-order valence-electron chi connectivity index (χ3n) is 6.04. The molecule has 2 saturated heterocycles. The average molecular weight is 415 g/mol. The molecule has 2 atom stereocenters. The second kappa shape index (κ2) is 8.91. The predicted octanol–water partition coefficient (Wildman–Crippen LogP) is 1.58. The number of aromatic nitrogens is 2. The van der Waals surface area contributed by atoms with E-state index in [1.165, 1.54) is 17.7 Å². The molecule has 30 heavy (non-hydrogen) atoms. The van der Waals surface area contributed by atoms with Crippen molar-refractivity contribution >= 4 is 12.0 Å². The average Bonchev–Trinajstić information content (AvgIpc) is 3.32. The number of fused-ring (bicyclic) bond motifs is 1. The van der Waals surface area contributed by atoms with Gasteiger partial charge in [0, 0.05) is 44.1 Å². The molecule has 2 unspecified atom stereocenters. The first kappa shape index (κ1) is 20.5. The van der Waals surface area contributed by atoms with Gasteiger partial charge in [-0.15, -0.1) is 0 Å². The van der Waals surface area contributed by atoms with Crippen LogP contribution in [-0.4, -0.2) is 69.0 Å². The number of carboxylic acids is 1. The van der Waals surface area contributed by atoms with Crippen molar-refractivity contribution in [3.63, 3.8) is 0 Å². The molecule has 0 saturated carbocycles. The van der Waals surface area contributed by atoms with Gasteiger partial charge in [0.2, 0.25) is 0 Å². The largest absolute Gasteiger partial charge is 0.481 e. The smallest absolute Gasteiger partial charge is 0.320 e.